The highest BCUT2D eigenvalue weighted by Crippen LogP contribution is 2.09. The van der Waals surface area contributed by atoms with Crippen LogP contribution in [0.5, 0.6) is 6.08 Å². The van der Waals surface area contributed by atoms with Gasteiger partial charge in [0, 0.05) is 6.54 Å². The van der Waals surface area contributed by atoms with Gasteiger partial charge in [-0.25, -0.2) is 0 Å². The summed E-state index contributed by atoms with van der Waals surface area (Å²) in [6.45, 7) is 4.61. The Morgan fingerprint density at radius 1 is 1.83 bits per heavy atom. The highest BCUT2D eigenvalue weighted by Gasteiger charge is 2.01. The third-order valence-electron chi connectivity index (χ3n) is 1.21. The molecule has 0 aromatic carbocycles. The Labute approximate surface area is 71.2 Å². The van der Waals surface area contributed by atoms with Crippen molar-refractivity contribution in [3.63, 3.8) is 0 Å². The molecule has 12 heavy (non-hydrogen) atoms. The van der Waals surface area contributed by atoms with Gasteiger partial charge in [0.1, 0.15) is 12.9 Å². The SMILES string of the molecule is C=CCOc1nc(CNC)co1. The van der Waals surface area contributed by atoms with Crippen molar-refractivity contribution in [2.45, 2.75) is 6.54 Å². The van der Waals surface area contributed by atoms with Crippen molar-refractivity contribution in [1.29, 1.82) is 0 Å². The Morgan fingerprint density at radius 3 is 3.33 bits per heavy atom. The summed E-state index contributed by atoms with van der Waals surface area (Å²) in [5.41, 5.74) is 0.830. The maximum Gasteiger partial charge on any atom is 0.394 e. The predicted octanol–water partition coefficient (Wildman–Crippen LogP) is 0.959. The lowest BCUT2D eigenvalue weighted by Gasteiger charge is -1.93. The first-order chi connectivity index (χ1) is 5.86. The standard InChI is InChI=1S/C8H12N2O2/c1-3-4-11-8-10-7(5-9-2)6-12-8/h3,6,9H,1,4-5H2,2H3. The van der Waals surface area contributed by atoms with Crippen LogP contribution in [0.2, 0.25) is 0 Å². The first kappa shape index (κ1) is 8.80. The van der Waals surface area contributed by atoms with Crippen LogP contribution in [0.4, 0.5) is 0 Å². The molecule has 0 aliphatic carbocycles. The van der Waals surface area contributed by atoms with Crippen LogP contribution in [0, 0.1) is 0 Å². The Hall–Kier alpha value is -1.29. The summed E-state index contributed by atoms with van der Waals surface area (Å²) in [5, 5.41) is 2.96. The Kier molecular flexibility index (Phi) is 3.35. The number of hydrogen-bond donors (Lipinski definition) is 1. The van der Waals surface area contributed by atoms with Crippen LogP contribution >= 0.6 is 0 Å². The highest BCUT2D eigenvalue weighted by molar-refractivity contribution is 4.99. The molecule has 0 amide bonds. The van der Waals surface area contributed by atoms with Crippen molar-refractivity contribution in [2.24, 2.45) is 0 Å². The van der Waals surface area contributed by atoms with E-state index in [1.807, 2.05) is 7.05 Å². The van der Waals surface area contributed by atoms with Gasteiger partial charge in [-0.05, 0) is 7.05 Å². The van der Waals surface area contributed by atoms with Gasteiger partial charge in [0.05, 0.1) is 5.69 Å². The fourth-order valence-electron chi connectivity index (χ4n) is 0.747. The number of rotatable bonds is 5. The lowest BCUT2D eigenvalue weighted by molar-refractivity contribution is 0.258. The van der Waals surface area contributed by atoms with Gasteiger partial charge in [0.15, 0.2) is 0 Å². The van der Waals surface area contributed by atoms with Gasteiger partial charge in [-0.3, -0.25) is 0 Å². The minimum atomic E-state index is 0.292. The fraction of sp³-hybridized carbons (Fsp3) is 0.375. The molecule has 1 aromatic rings. The van der Waals surface area contributed by atoms with E-state index >= 15 is 0 Å². The van der Waals surface area contributed by atoms with Crippen LogP contribution in [-0.4, -0.2) is 18.6 Å². The first-order valence-electron chi connectivity index (χ1n) is 3.69. The Balaban J connectivity index is 2.46. The molecule has 0 saturated heterocycles. The number of nitrogens with one attached hydrogen (secondary N) is 1. The number of nitrogens with zero attached hydrogens (tertiary/aromatic N) is 1. The molecule has 0 spiro atoms. The smallest absolute Gasteiger partial charge is 0.394 e. The summed E-state index contributed by atoms with van der Waals surface area (Å²) in [7, 11) is 1.85. The molecule has 1 rings (SSSR count). The van der Waals surface area contributed by atoms with Crippen LogP contribution in [0.1, 0.15) is 5.69 Å². The molecule has 4 heteroatoms. The molecular weight excluding hydrogens is 156 g/mol. The minimum Gasteiger partial charge on any atom is -0.446 e. The van der Waals surface area contributed by atoms with E-state index in [0.717, 1.165) is 5.69 Å². The fourth-order valence-corrected chi connectivity index (χ4v) is 0.747. The Bertz CT molecular complexity index is 245. The normalized spacial score (nSPS) is 9.75. The maximum atomic E-state index is 5.06. The zero-order valence-corrected chi connectivity index (χ0v) is 7.04. The van der Waals surface area contributed by atoms with E-state index in [1.165, 1.54) is 0 Å². The lowest BCUT2D eigenvalue weighted by atomic mass is 10.5. The van der Waals surface area contributed by atoms with Crippen LogP contribution in [0.3, 0.4) is 0 Å². The van der Waals surface area contributed by atoms with Gasteiger partial charge in [-0.2, -0.15) is 4.98 Å². The maximum absolute atomic E-state index is 5.06. The summed E-state index contributed by atoms with van der Waals surface area (Å²) in [6, 6.07) is 0. The summed E-state index contributed by atoms with van der Waals surface area (Å²) in [5.74, 6) is 0. The summed E-state index contributed by atoms with van der Waals surface area (Å²) >= 11 is 0. The van der Waals surface area contributed by atoms with E-state index in [9.17, 15) is 0 Å². The number of hydrogen-bond acceptors (Lipinski definition) is 4. The van der Waals surface area contributed by atoms with Gasteiger partial charge in [-0.15, -0.1) is 0 Å². The summed E-state index contributed by atoms with van der Waals surface area (Å²) in [6.07, 6.45) is 3.50. The quantitative estimate of drug-likeness (QED) is 0.665. The van der Waals surface area contributed by atoms with E-state index in [0.29, 0.717) is 19.2 Å². The van der Waals surface area contributed by atoms with Crippen molar-refractivity contribution in [1.82, 2.24) is 10.3 Å². The average molecular weight is 168 g/mol. The molecule has 0 aliphatic rings. The zero-order chi connectivity index (χ0) is 8.81. The molecule has 1 N–H and O–H groups in total. The van der Waals surface area contributed by atoms with E-state index in [1.54, 1.807) is 12.3 Å². The van der Waals surface area contributed by atoms with E-state index in [2.05, 4.69) is 16.9 Å². The van der Waals surface area contributed by atoms with Crippen molar-refractivity contribution in [3.05, 3.63) is 24.6 Å². The highest BCUT2D eigenvalue weighted by atomic mass is 16.6. The summed E-state index contributed by atoms with van der Waals surface area (Å²) in [4.78, 5) is 4.04. The van der Waals surface area contributed by atoms with Gasteiger partial charge >= 0.3 is 6.08 Å². The molecule has 0 atom stereocenters. The molecule has 0 fully saturated rings. The molecule has 0 unspecified atom stereocenters. The zero-order valence-electron chi connectivity index (χ0n) is 7.04. The number of aromatic nitrogens is 1. The monoisotopic (exact) mass is 168 g/mol. The topological polar surface area (TPSA) is 47.3 Å². The second-order valence-corrected chi connectivity index (χ2v) is 2.23. The molecule has 4 nitrogen and oxygen atoms in total. The third-order valence-corrected chi connectivity index (χ3v) is 1.21. The van der Waals surface area contributed by atoms with Crippen LogP contribution in [0.25, 0.3) is 0 Å². The predicted molar refractivity (Wildman–Crippen MR) is 45.0 cm³/mol. The summed E-state index contributed by atoms with van der Waals surface area (Å²) < 4.78 is 10.1. The Morgan fingerprint density at radius 2 is 2.67 bits per heavy atom. The molecular formula is C8H12N2O2. The van der Waals surface area contributed by atoms with Gasteiger partial charge in [-0.1, -0.05) is 12.7 Å². The van der Waals surface area contributed by atoms with E-state index in [-0.39, 0.29) is 0 Å². The minimum absolute atomic E-state index is 0.292. The van der Waals surface area contributed by atoms with Gasteiger partial charge in [0.25, 0.3) is 0 Å². The first-order valence-corrected chi connectivity index (χ1v) is 3.69. The van der Waals surface area contributed by atoms with Crippen LogP contribution in [-0.2, 0) is 6.54 Å². The van der Waals surface area contributed by atoms with E-state index in [4.69, 9.17) is 9.15 Å². The molecule has 0 radical (unpaired) electrons. The van der Waals surface area contributed by atoms with Crippen molar-refractivity contribution in [2.75, 3.05) is 13.7 Å². The van der Waals surface area contributed by atoms with Gasteiger partial charge < -0.3 is 14.5 Å². The lowest BCUT2D eigenvalue weighted by Crippen LogP contribution is -2.05. The number of ether oxygens (including phenoxy) is 1. The molecule has 66 valence electrons. The van der Waals surface area contributed by atoms with Gasteiger partial charge in [0.2, 0.25) is 0 Å². The second-order valence-electron chi connectivity index (χ2n) is 2.23. The van der Waals surface area contributed by atoms with Crippen molar-refractivity contribution >= 4 is 0 Å². The van der Waals surface area contributed by atoms with Crippen LogP contribution < -0.4 is 10.1 Å². The second kappa shape index (κ2) is 4.56. The van der Waals surface area contributed by atoms with Crippen molar-refractivity contribution < 1.29 is 9.15 Å². The molecule has 0 bridgehead atoms. The molecule has 1 aromatic heterocycles. The molecule has 0 saturated carbocycles. The van der Waals surface area contributed by atoms with E-state index < -0.39 is 0 Å². The largest absolute Gasteiger partial charge is 0.446 e. The molecule has 1 heterocycles. The molecule has 0 aliphatic heterocycles. The number of oxazole rings is 1. The van der Waals surface area contributed by atoms with Crippen LogP contribution in [0.15, 0.2) is 23.3 Å². The third kappa shape index (κ3) is 2.39. The van der Waals surface area contributed by atoms with Crippen molar-refractivity contribution in [3.8, 4) is 6.08 Å². The average Bonchev–Trinajstić information content (AvgIpc) is 2.50.